The highest BCUT2D eigenvalue weighted by atomic mass is 32.1. The number of hydrogen-bond acceptors (Lipinski definition) is 3. The van der Waals surface area contributed by atoms with Crippen LogP contribution < -0.4 is 4.90 Å². The highest BCUT2D eigenvalue weighted by molar-refractivity contribution is 7.26. The van der Waals surface area contributed by atoms with Crippen LogP contribution in [-0.2, 0) is 0 Å². The van der Waals surface area contributed by atoms with Crippen LogP contribution in [0.5, 0.6) is 0 Å². The highest BCUT2D eigenvalue weighted by Crippen LogP contribution is 2.48. The van der Waals surface area contributed by atoms with Gasteiger partial charge in [-0.05, 0) is 93.0 Å². The van der Waals surface area contributed by atoms with Crippen LogP contribution in [0.4, 0.5) is 17.1 Å². The van der Waals surface area contributed by atoms with Crippen LogP contribution in [0.3, 0.4) is 0 Å². The first-order valence-corrected chi connectivity index (χ1v) is 20.1. The number of thiophene rings is 1. The number of benzene rings is 9. The normalized spacial score (nSPS) is 11.5. The maximum absolute atomic E-state index is 6.93. The van der Waals surface area contributed by atoms with Gasteiger partial charge in [-0.25, -0.2) is 0 Å². The Morgan fingerprint density at radius 1 is 0.368 bits per heavy atom. The maximum Gasteiger partial charge on any atom is 0.160 e. The summed E-state index contributed by atoms with van der Waals surface area (Å²) in [5.41, 5.74) is 14.1. The molecule has 268 valence electrons. The van der Waals surface area contributed by atoms with Gasteiger partial charge in [-0.15, -0.1) is 11.3 Å². The van der Waals surface area contributed by atoms with E-state index in [2.05, 4.69) is 217 Å². The Morgan fingerprint density at radius 3 is 1.65 bits per heavy atom. The van der Waals surface area contributed by atoms with Crippen molar-refractivity contribution < 1.29 is 4.42 Å². The fourth-order valence-corrected chi connectivity index (χ4v) is 9.61. The van der Waals surface area contributed by atoms with Gasteiger partial charge < -0.3 is 9.32 Å². The van der Waals surface area contributed by atoms with Gasteiger partial charge in [-0.2, -0.15) is 0 Å². The second-order valence-electron chi connectivity index (χ2n) is 14.5. The minimum Gasteiger partial charge on any atom is -0.454 e. The number of rotatable bonds is 7. The molecule has 0 N–H and O–H groups in total. The molecular weight excluding hydrogens is 711 g/mol. The van der Waals surface area contributed by atoms with Crippen LogP contribution in [0.1, 0.15) is 0 Å². The topological polar surface area (TPSA) is 16.4 Å². The smallest absolute Gasteiger partial charge is 0.160 e. The van der Waals surface area contributed by atoms with Gasteiger partial charge in [0.1, 0.15) is 5.58 Å². The van der Waals surface area contributed by atoms with Crippen LogP contribution in [0.25, 0.3) is 86.6 Å². The van der Waals surface area contributed by atoms with E-state index in [0.717, 1.165) is 72.4 Å². The number of fused-ring (bicyclic) bond motifs is 6. The lowest BCUT2D eigenvalue weighted by Gasteiger charge is -2.27. The van der Waals surface area contributed by atoms with E-state index >= 15 is 0 Å². The van der Waals surface area contributed by atoms with E-state index in [1.54, 1.807) is 0 Å². The zero-order valence-electron chi connectivity index (χ0n) is 31.0. The molecule has 0 unspecified atom stereocenters. The monoisotopic (exact) mass is 745 g/mol. The summed E-state index contributed by atoms with van der Waals surface area (Å²) in [4.78, 5) is 2.38. The van der Waals surface area contributed by atoms with Crippen molar-refractivity contribution in [3.63, 3.8) is 0 Å². The van der Waals surface area contributed by atoms with Crippen molar-refractivity contribution >= 4 is 70.5 Å². The van der Waals surface area contributed by atoms with Crippen LogP contribution in [0.2, 0.25) is 0 Å². The average Bonchev–Trinajstić information content (AvgIpc) is 3.87. The minimum absolute atomic E-state index is 0.850. The summed E-state index contributed by atoms with van der Waals surface area (Å²) in [7, 11) is 0. The van der Waals surface area contributed by atoms with Gasteiger partial charge in [0.25, 0.3) is 0 Å². The van der Waals surface area contributed by atoms with Gasteiger partial charge in [0, 0.05) is 42.3 Å². The lowest BCUT2D eigenvalue weighted by Crippen LogP contribution is -2.11. The first-order chi connectivity index (χ1) is 28.3. The average molecular weight is 746 g/mol. The summed E-state index contributed by atoms with van der Waals surface area (Å²) >= 11 is 1.87. The van der Waals surface area contributed by atoms with Crippen molar-refractivity contribution in [3.05, 3.63) is 212 Å². The van der Waals surface area contributed by atoms with Crippen molar-refractivity contribution in [1.29, 1.82) is 0 Å². The van der Waals surface area contributed by atoms with E-state index in [-0.39, 0.29) is 0 Å². The van der Waals surface area contributed by atoms with Gasteiger partial charge in [-0.3, -0.25) is 0 Å². The summed E-state index contributed by atoms with van der Waals surface area (Å²) in [5.74, 6) is 0. The molecule has 0 radical (unpaired) electrons. The molecule has 3 heteroatoms. The van der Waals surface area contributed by atoms with Crippen molar-refractivity contribution in [3.8, 4) is 44.5 Å². The minimum atomic E-state index is 0.850. The molecule has 2 aromatic heterocycles. The zero-order chi connectivity index (χ0) is 37.7. The van der Waals surface area contributed by atoms with Gasteiger partial charge >= 0.3 is 0 Å². The molecule has 0 amide bonds. The Morgan fingerprint density at radius 2 is 0.947 bits per heavy atom. The number of para-hydroxylation sites is 1. The van der Waals surface area contributed by atoms with Gasteiger partial charge in [0.2, 0.25) is 0 Å². The summed E-state index contributed by atoms with van der Waals surface area (Å²) in [6.45, 7) is 0. The Bertz CT molecular complexity index is 3160. The van der Waals surface area contributed by atoms with Crippen LogP contribution in [0.15, 0.2) is 217 Å². The quantitative estimate of drug-likeness (QED) is 0.162. The molecule has 0 saturated carbocycles. The Labute approximate surface area is 335 Å². The molecule has 11 rings (SSSR count). The van der Waals surface area contributed by atoms with E-state index in [1.165, 1.54) is 31.3 Å². The Kier molecular flexibility index (Phi) is 8.04. The van der Waals surface area contributed by atoms with Crippen molar-refractivity contribution in [2.45, 2.75) is 0 Å². The SMILES string of the molecule is c1ccc(-c2cc(-c3ccccc3)cc(N(c3ccc(-c4cccc5c4sc4ccccc45)cc3)c3ccc(-c4ccccc4)c4c3oc3ccccc34)c2)cc1. The predicted molar refractivity (Wildman–Crippen MR) is 243 cm³/mol. The number of anilines is 3. The van der Waals surface area contributed by atoms with E-state index in [1.807, 2.05) is 11.3 Å². The Balaban J connectivity index is 1.16. The lowest BCUT2D eigenvalue weighted by atomic mass is 9.96. The summed E-state index contributed by atoms with van der Waals surface area (Å²) < 4.78 is 9.55. The molecule has 0 aliphatic carbocycles. The summed E-state index contributed by atoms with van der Waals surface area (Å²) in [6.07, 6.45) is 0. The molecule has 9 aromatic carbocycles. The van der Waals surface area contributed by atoms with E-state index in [9.17, 15) is 0 Å². The molecule has 0 fully saturated rings. The van der Waals surface area contributed by atoms with Gasteiger partial charge in [0.05, 0.1) is 5.69 Å². The molecule has 2 nitrogen and oxygen atoms in total. The van der Waals surface area contributed by atoms with Crippen molar-refractivity contribution in [1.82, 2.24) is 0 Å². The molecule has 0 bridgehead atoms. The van der Waals surface area contributed by atoms with Crippen LogP contribution in [0, 0.1) is 0 Å². The largest absolute Gasteiger partial charge is 0.454 e. The first-order valence-electron chi connectivity index (χ1n) is 19.3. The summed E-state index contributed by atoms with van der Waals surface area (Å²) in [5, 5.41) is 4.82. The Hall–Kier alpha value is -7.20. The van der Waals surface area contributed by atoms with E-state index in [0.29, 0.717) is 0 Å². The first kappa shape index (κ1) is 33.2. The van der Waals surface area contributed by atoms with E-state index in [4.69, 9.17) is 4.42 Å². The van der Waals surface area contributed by atoms with Crippen LogP contribution >= 0.6 is 11.3 Å². The predicted octanol–water partition coefficient (Wildman–Crippen LogP) is 16.1. The van der Waals surface area contributed by atoms with Crippen molar-refractivity contribution in [2.24, 2.45) is 0 Å². The van der Waals surface area contributed by atoms with Crippen molar-refractivity contribution in [2.75, 3.05) is 4.90 Å². The standard InChI is InChI=1S/C54H35NOS/c1-4-15-36(16-5-1)40-33-41(37-17-6-2-7-18-37)35-43(34-40)55(42-29-27-39(28-30-42)45-23-14-24-47-46-21-11-13-26-51(46)57-54(45)47)49-32-31-44(38-19-8-3-9-20-38)52-48-22-10-12-25-50(48)56-53(49)52/h1-35H. The number of furan rings is 1. The van der Waals surface area contributed by atoms with Gasteiger partial charge in [-0.1, -0.05) is 164 Å². The van der Waals surface area contributed by atoms with Gasteiger partial charge in [0.15, 0.2) is 5.58 Å². The second kappa shape index (κ2) is 13.8. The number of nitrogens with zero attached hydrogens (tertiary/aromatic N) is 1. The third-order valence-electron chi connectivity index (χ3n) is 11.1. The third-order valence-corrected chi connectivity index (χ3v) is 12.3. The summed E-state index contributed by atoms with van der Waals surface area (Å²) in [6, 6.07) is 76.3. The van der Waals surface area contributed by atoms with E-state index < -0.39 is 0 Å². The fourth-order valence-electron chi connectivity index (χ4n) is 8.38. The second-order valence-corrected chi connectivity index (χ2v) is 15.5. The molecule has 0 atom stereocenters. The molecular formula is C54H35NOS. The van der Waals surface area contributed by atoms with Crippen LogP contribution in [-0.4, -0.2) is 0 Å². The maximum atomic E-state index is 6.93. The fraction of sp³-hybridized carbons (Fsp3) is 0. The molecule has 57 heavy (non-hydrogen) atoms. The number of hydrogen-bond donors (Lipinski definition) is 0. The lowest BCUT2D eigenvalue weighted by molar-refractivity contribution is 0.669. The third kappa shape index (κ3) is 5.80. The molecule has 0 aliphatic heterocycles. The zero-order valence-corrected chi connectivity index (χ0v) is 31.8. The molecule has 0 aliphatic rings. The highest BCUT2D eigenvalue weighted by Gasteiger charge is 2.23. The molecule has 0 spiro atoms. The molecule has 2 heterocycles. The molecule has 11 aromatic rings. The molecule has 0 saturated heterocycles.